The molecule has 0 radical (unpaired) electrons. The van der Waals surface area contributed by atoms with Crippen LogP contribution in [0.2, 0.25) is 0 Å². The molecule has 1 saturated heterocycles. The lowest BCUT2D eigenvalue weighted by atomic mass is 10.0. The molecule has 1 fully saturated rings. The van der Waals surface area contributed by atoms with Crippen molar-refractivity contribution in [1.82, 2.24) is 24.6 Å². The molecule has 118 valence electrons. The maximum Gasteiger partial charge on any atom is 0.343 e. The highest BCUT2D eigenvalue weighted by atomic mass is 16.3. The zero-order valence-electron chi connectivity index (χ0n) is 12.7. The van der Waals surface area contributed by atoms with E-state index in [1.54, 1.807) is 4.90 Å². The minimum Gasteiger partial charge on any atom is -0.396 e. The van der Waals surface area contributed by atoms with E-state index in [0.717, 1.165) is 17.5 Å². The molecular formula is C13H23N5O3. The van der Waals surface area contributed by atoms with E-state index in [0.29, 0.717) is 13.1 Å². The highest BCUT2D eigenvalue weighted by molar-refractivity contribution is 5.90. The molecule has 2 atom stereocenters. The number of aromatic amines is 1. The van der Waals surface area contributed by atoms with Crippen molar-refractivity contribution in [2.75, 3.05) is 33.8 Å². The van der Waals surface area contributed by atoms with Crippen LogP contribution in [0.1, 0.15) is 23.5 Å². The number of nitrogens with zero attached hydrogens (tertiary/aromatic N) is 4. The van der Waals surface area contributed by atoms with Gasteiger partial charge in [0.05, 0.1) is 0 Å². The monoisotopic (exact) mass is 297 g/mol. The SMILES string of the molecule is CN(C)[C@@H]1CC[C@H](CO)CN(C(=O)c2nn(C)c(=O)[nH]2)C1. The summed E-state index contributed by atoms with van der Waals surface area (Å²) in [6, 6.07) is 0.237. The van der Waals surface area contributed by atoms with Gasteiger partial charge in [-0.15, -0.1) is 5.10 Å². The summed E-state index contributed by atoms with van der Waals surface area (Å²) in [6.45, 7) is 1.11. The van der Waals surface area contributed by atoms with Crippen molar-refractivity contribution in [2.24, 2.45) is 13.0 Å². The molecule has 2 heterocycles. The number of carbonyl (C=O) groups excluding carboxylic acids is 1. The first-order chi connectivity index (χ1) is 9.92. The molecule has 1 aliphatic heterocycles. The minimum atomic E-state index is -0.406. The van der Waals surface area contributed by atoms with Gasteiger partial charge in [-0.25, -0.2) is 9.48 Å². The zero-order valence-corrected chi connectivity index (χ0v) is 12.7. The molecule has 2 N–H and O–H groups in total. The van der Waals surface area contributed by atoms with E-state index in [1.807, 2.05) is 14.1 Å². The Balaban J connectivity index is 2.21. The van der Waals surface area contributed by atoms with Crippen LogP contribution in [0.3, 0.4) is 0 Å². The third kappa shape index (κ3) is 3.51. The molecular weight excluding hydrogens is 274 g/mol. The average Bonchev–Trinajstić information content (AvgIpc) is 2.67. The molecule has 1 aromatic rings. The van der Waals surface area contributed by atoms with Gasteiger partial charge in [-0.05, 0) is 32.9 Å². The van der Waals surface area contributed by atoms with Crippen LogP contribution in [0.5, 0.6) is 0 Å². The van der Waals surface area contributed by atoms with Gasteiger partial charge in [-0.1, -0.05) is 0 Å². The van der Waals surface area contributed by atoms with E-state index in [1.165, 1.54) is 7.05 Å². The van der Waals surface area contributed by atoms with Crippen LogP contribution in [-0.2, 0) is 7.05 Å². The predicted octanol–water partition coefficient (Wildman–Crippen LogP) is -1.12. The molecule has 21 heavy (non-hydrogen) atoms. The molecule has 8 nitrogen and oxygen atoms in total. The van der Waals surface area contributed by atoms with Crippen LogP contribution >= 0.6 is 0 Å². The summed E-state index contributed by atoms with van der Waals surface area (Å²) < 4.78 is 1.11. The summed E-state index contributed by atoms with van der Waals surface area (Å²) in [5.74, 6) is -0.173. The number of aliphatic hydroxyl groups is 1. The normalized spacial score (nSPS) is 23.4. The molecule has 0 aromatic carbocycles. The number of likely N-dealkylation sites (tertiary alicyclic amines) is 1. The average molecular weight is 297 g/mol. The highest BCUT2D eigenvalue weighted by Crippen LogP contribution is 2.19. The number of aromatic nitrogens is 3. The first kappa shape index (κ1) is 15.7. The molecule has 1 aromatic heterocycles. The fraction of sp³-hybridized carbons (Fsp3) is 0.769. The van der Waals surface area contributed by atoms with Gasteiger partial charge in [0.15, 0.2) is 0 Å². The fourth-order valence-corrected chi connectivity index (χ4v) is 2.64. The third-order valence-electron chi connectivity index (χ3n) is 4.07. The number of carbonyl (C=O) groups is 1. The van der Waals surface area contributed by atoms with Gasteiger partial charge in [0.1, 0.15) is 0 Å². The van der Waals surface area contributed by atoms with Crippen molar-refractivity contribution in [3.8, 4) is 0 Å². The standard InChI is InChI=1S/C13H23N5O3/c1-16(2)10-5-4-9(8-19)6-18(7-10)12(20)11-14-13(21)17(3)15-11/h9-10,19H,4-8H2,1-3H3,(H,14,15,21)/t9-,10+/m0/s1. The maximum atomic E-state index is 12.5. The highest BCUT2D eigenvalue weighted by Gasteiger charge is 2.29. The molecule has 0 bridgehead atoms. The van der Waals surface area contributed by atoms with Crippen molar-refractivity contribution < 1.29 is 9.90 Å². The second-order valence-corrected chi connectivity index (χ2v) is 5.86. The summed E-state index contributed by atoms with van der Waals surface area (Å²) >= 11 is 0. The second kappa shape index (κ2) is 6.40. The number of amides is 1. The number of hydrogen-bond donors (Lipinski definition) is 2. The lowest BCUT2D eigenvalue weighted by molar-refractivity contribution is 0.0676. The van der Waals surface area contributed by atoms with Gasteiger partial charge in [0.25, 0.3) is 5.91 Å². The number of rotatable bonds is 3. The molecule has 2 rings (SSSR count). The van der Waals surface area contributed by atoms with Crippen LogP contribution in [-0.4, -0.2) is 75.4 Å². The summed E-state index contributed by atoms with van der Waals surface area (Å²) in [4.78, 5) is 30.2. The minimum absolute atomic E-state index is 0.0543. The number of aliphatic hydroxyl groups excluding tert-OH is 1. The van der Waals surface area contributed by atoms with Crippen molar-refractivity contribution in [3.63, 3.8) is 0 Å². The first-order valence-electron chi connectivity index (χ1n) is 7.12. The summed E-state index contributed by atoms with van der Waals surface area (Å²) in [7, 11) is 5.46. The van der Waals surface area contributed by atoms with Crippen molar-refractivity contribution in [3.05, 3.63) is 16.3 Å². The molecule has 1 amide bonds. The van der Waals surface area contributed by atoms with E-state index < -0.39 is 5.69 Å². The number of hydrogen-bond acceptors (Lipinski definition) is 5. The molecule has 0 aliphatic carbocycles. The molecule has 1 aliphatic rings. The Morgan fingerprint density at radius 1 is 1.43 bits per heavy atom. The second-order valence-electron chi connectivity index (χ2n) is 5.86. The van der Waals surface area contributed by atoms with E-state index in [4.69, 9.17) is 0 Å². The van der Waals surface area contributed by atoms with E-state index in [9.17, 15) is 14.7 Å². The topological polar surface area (TPSA) is 94.5 Å². The number of aryl methyl sites for hydroxylation is 1. The van der Waals surface area contributed by atoms with Crippen LogP contribution < -0.4 is 5.69 Å². The van der Waals surface area contributed by atoms with Crippen LogP contribution in [0, 0.1) is 5.92 Å². The molecule has 0 unspecified atom stereocenters. The Morgan fingerprint density at radius 2 is 2.14 bits per heavy atom. The van der Waals surface area contributed by atoms with E-state index in [-0.39, 0.29) is 30.3 Å². The molecule has 0 spiro atoms. The smallest absolute Gasteiger partial charge is 0.343 e. The third-order valence-corrected chi connectivity index (χ3v) is 4.07. The van der Waals surface area contributed by atoms with Gasteiger partial charge in [-0.3, -0.25) is 9.78 Å². The lowest BCUT2D eigenvalue weighted by Crippen LogP contribution is -2.43. The van der Waals surface area contributed by atoms with E-state index in [2.05, 4.69) is 15.0 Å². The molecule has 8 heteroatoms. The summed E-state index contributed by atoms with van der Waals surface area (Å²) in [5, 5.41) is 13.3. The fourth-order valence-electron chi connectivity index (χ4n) is 2.64. The zero-order chi connectivity index (χ0) is 15.6. The van der Waals surface area contributed by atoms with E-state index >= 15 is 0 Å². The maximum absolute atomic E-state index is 12.5. The Bertz CT molecular complexity index is 550. The van der Waals surface area contributed by atoms with Crippen molar-refractivity contribution in [1.29, 1.82) is 0 Å². The largest absolute Gasteiger partial charge is 0.396 e. The number of likely N-dealkylation sites (N-methyl/N-ethyl adjacent to an activating group) is 1. The molecule has 0 saturated carbocycles. The van der Waals surface area contributed by atoms with Crippen LogP contribution in [0.15, 0.2) is 4.79 Å². The van der Waals surface area contributed by atoms with Gasteiger partial charge in [0, 0.05) is 32.8 Å². The Hall–Kier alpha value is -1.67. The number of H-pyrrole nitrogens is 1. The quantitative estimate of drug-likeness (QED) is 0.737. The van der Waals surface area contributed by atoms with Gasteiger partial charge < -0.3 is 14.9 Å². The van der Waals surface area contributed by atoms with Crippen LogP contribution in [0.25, 0.3) is 0 Å². The Kier molecular flexibility index (Phi) is 4.79. The Labute approximate surface area is 123 Å². The van der Waals surface area contributed by atoms with Crippen molar-refractivity contribution in [2.45, 2.75) is 18.9 Å². The lowest BCUT2D eigenvalue weighted by Gasteiger charge is -2.28. The first-order valence-corrected chi connectivity index (χ1v) is 7.12. The predicted molar refractivity (Wildman–Crippen MR) is 77.0 cm³/mol. The Morgan fingerprint density at radius 3 is 2.67 bits per heavy atom. The summed E-state index contributed by atoms with van der Waals surface area (Å²) in [5.41, 5.74) is -0.406. The van der Waals surface area contributed by atoms with Gasteiger partial charge in [0.2, 0.25) is 5.82 Å². The van der Waals surface area contributed by atoms with Gasteiger partial charge >= 0.3 is 5.69 Å². The number of nitrogens with one attached hydrogen (secondary N) is 1. The van der Waals surface area contributed by atoms with Gasteiger partial charge in [-0.2, -0.15) is 0 Å². The summed E-state index contributed by atoms with van der Waals surface area (Å²) in [6.07, 6.45) is 1.81. The van der Waals surface area contributed by atoms with Crippen molar-refractivity contribution >= 4 is 5.91 Å². The van der Waals surface area contributed by atoms with Crippen LogP contribution in [0.4, 0.5) is 0 Å².